The van der Waals surface area contributed by atoms with Crippen molar-refractivity contribution in [1.29, 1.82) is 0 Å². The van der Waals surface area contributed by atoms with Gasteiger partial charge in [-0.25, -0.2) is 9.59 Å². The summed E-state index contributed by atoms with van der Waals surface area (Å²) in [5.41, 5.74) is 4.10. The number of rotatable bonds is 7. The van der Waals surface area contributed by atoms with Gasteiger partial charge in [0.1, 0.15) is 5.69 Å². The van der Waals surface area contributed by atoms with Gasteiger partial charge in [0.15, 0.2) is 0 Å². The van der Waals surface area contributed by atoms with Crippen LogP contribution in [0.1, 0.15) is 28.0 Å². The molecule has 0 saturated carbocycles. The Hall–Kier alpha value is -3.21. The number of aromatic nitrogens is 3. The number of halogens is 3. The van der Waals surface area contributed by atoms with Crippen LogP contribution >= 0.6 is 0 Å². The van der Waals surface area contributed by atoms with Gasteiger partial charge in [-0.3, -0.25) is 9.67 Å². The zero-order valence-electron chi connectivity index (χ0n) is 15.9. The number of fused-ring (bicyclic) bond motifs is 3. The zero-order valence-corrected chi connectivity index (χ0v) is 15.9. The summed E-state index contributed by atoms with van der Waals surface area (Å²) < 4.78 is 33.4. The average molecular weight is 426 g/mol. The molecule has 162 valence electrons. The molecular formula is C19H21F3N4O4. The lowest BCUT2D eigenvalue weighted by Gasteiger charge is -2.14. The third kappa shape index (κ3) is 5.66. The maximum atomic E-state index is 11.7. The van der Waals surface area contributed by atoms with E-state index in [2.05, 4.69) is 22.0 Å². The molecule has 0 atom stereocenters. The Labute approximate surface area is 170 Å². The molecule has 2 aromatic heterocycles. The molecule has 30 heavy (non-hydrogen) atoms. The van der Waals surface area contributed by atoms with Gasteiger partial charge in [0.25, 0.3) is 0 Å². The van der Waals surface area contributed by atoms with Crippen molar-refractivity contribution in [3.05, 3.63) is 47.9 Å². The molecule has 2 heterocycles. The highest BCUT2D eigenvalue weighted by Crippen LogP contribution is 2.34. The Balaban J connectivity index is 0.000000396. The topological polar surface area (TPSA) is 117 Å². The number of carbonyl (C=O) groups is 2. The second-order valence-electron chi connectivity index (χ2n) is 6.39. The van der Waals surface area contributed by atoms with Crippen molar-refractivity contribution in [2.75, 3.05) is 13.1 Å². The van der Waals surface area contributed by atoms with Gasteiger partial charge in [-0.2, -0.15) is 18.3 Å². The Morgan fingerprint density at radius 3 is 2.60 bits per heavy atom. The first-order chi connectivity index (χ1) is 14.2. The van der Waals surface area contributed by atoms with Gasteiger partial charge in [0, 0.05) is 36.6 Å². The van der Waals surface area contributed by atoms with E-state index >= 15 is 0 Å². The quantitative estimate of drug-likeness (QED) is 0.460. The lowest BCUT2D eigenvalue weighted by Crippen LogP contribution is -2.21. The fourth-order valence-corrected chi connectivity index (χ4v) is 3.03. The van der Waals surface area contributed by atoms with Crippen LogP contribution in [0.2, 0.25) is 0 Å². The molecule has 0 saturated heterocycles. The third-order valence-electron chi connectivity index (χ3n) is 4.31. The van der Waals surface area contributed by atoms with Gasteiger partial charge in [-0.15, -0.1) is 6.58 Å². The Morgan fingerprint density at radius 2 is 2.00 bits per heavy atom. The number of alkyl halides is 3. The molecule has 0 aromatic carbocycles. The van der Waals surface area contributed by atoms with Crippen molar-refractivity contribution in [3.63, 3.8) is 0 Å². The molecule has 3 N–H and O–H groups in total. The lowest BCUT2D eigenvalue weighted by molar-refractivity contribution is -0.192. The largest absolute Gasteiger partial charge is 0.490 e. The molecule has 8 nitrogen and oxygen atoms in total. The minimum Gasteiger partial charge on any atom is -0.477 e. The van der Waals surface area contributed by atoms with E-state index in [0.717, 1.165) is 48.3 Å². The average Bonchev–Trinajstić information content (AvgIpc) is 3.06. The maximum absolute atomic E-state index is 11.7. The molecule has 0 aliphatic heterocycles. The maximum Gasteiger partial charge on any atom is 0.490 e. The van der Waals surface area contributed by atoms with E-state index < -0.39 is 18.1 Å². The van der Waals surface area contributed by atoms with E-state index in [9.17, 15) is 23.1 Å². The molecule has 1 aliphatic rings. The Morgan fingerprint density at radius 1 is 1.30 bits per heavy atom. The van der Waals surface area contributed by atoms with E-state index in [4.69, 9.17) is 9.90 Å². The Kier molecular flexibility index (Phi) is 7.70. The molecule has 1 aliphatic carbocycles. The van der Waals surface area contributed by atoms with Crippen LogP contribution < -0.4 is 5.32 Å². The zero-order chi connectivity index (χ0) is 22.3. The molecule has 0 bridgehead atoms. The molecule has 0 amide bonds. The standard InChI is InChI=1S/C17H20N4O2.C2HF3O2/c1-2-7-18-8-3-10-21-16(17(22)23)14-5-4-12-11-19-9-6-13(12)15(14)20-21;3-2(4,5)1(6)7/h2,6,9,11,18H,1,3-5,7-8,10H2,(H,22,23);(H,6,7). The van der Waals surface area contributed by atoms with Crippen molar-refractivity contribution < 1.29 is 33.0 Å². The molecule has 0 unspecified atom stereocenters. The van der Waals surface area contributed by atoms with Gasteiger partial charge in [-0.1, -0.05) is 6.08 Å². The number of pyridine rings is 1. The number of hydrogen-bond donors (Lipinski definition) is 3. The van der Waals surface area contributed by atoms with Crippen LogP contribution in [0.15, 0.2) is 31.1 Å². The molecular weight excluding hydrogens is 405 g/mol. The first-order valence-corrected chi connectivity index (χ1v) is 9.04. The highest BCUT2D eigenvalue weighted by molar-refractivity contribution is 5.90. The van der Waals surface area contributed by atoms with E-state index in [1.54, 1.807) is 17.0 Å². The summed E-state index contributed by atoms with van der Waals surface area (Å²) in [6, 6.07) is 1.92. The second kappa shape index (κ2) is 10.0. The number of nitrogens with zero attached hydrogens (tertiary/aromatic N) is 3. The number of nitrogens with one attached hydrogen (secondary N) is 1. The van der Waals surface area contributed by atoms with Crippen LogP contribution in [0.4, 0.5) is 13.2 Å². The summed E-state index contributed by atoms with van der Waals surface area (Å²) in [5.74, 6) is -3.66. The van der Waals surface area contributed by atoms with Crippen molar-refractivity contribution >= 4 is 11.9 Å². The SMILES string of the molecule is C=CCNCCCn1nc2c(c1C(=O)O)CCc1cnccc1-2.O=C(O)C(F)(F)F. The van der Waals surface area contributed by atoms with Crippen molar-refractivity contribution in [2.45, 2.75) is 32.0 Å². The van der Waals surface area contributed by atoms with Gasteiger partial charge in [0.2, 0.25) is 0 Å². The van der Waals surface area contributed by atoms with Crippen molar-refractivity contribution in [1.82, 2.24) is 20.1 Å². The molecule has 0 fully saturated rings. The normalized spacial score (nSPS) is 12.2. The highest BCUT2D eigenvalue weighted by atomic mass is 19.4. The smallest absolute Gasteiger partial charge is 0.477 e. The molecule has 3 rings (SSSR count). The second-order valence-corrected chi connectivity index (χ2v) is 6.39. The minimum absolute atomic E-state index is 0.325. The highest BCUT2D eigenvalue weighted by Gasteiger charge is 2.38. The van der Waals surface area contributed by atoms with Gasteiger partial charge in [0.05, 0.1) is 5.69 Å². The summed E-state index contributed by atoms with van der Waals surface area (Å²) >= 11 is 0. The van der Waals surface area contributed by atoms with Crippen LogP contribution in [0.5, 0.6) is 0 Å². The summed E-state index contributed by atoms with van der Waals surface area (Å²) in [6.07, 6.45) is 2.62. The summed E-state index contributed by atoms with van der Waals surface area (Å²) in [5, 5.41) is 24.5. The monoisotopic (exact) mass is 426 g/mol. The van der Waals surface area contributed by atoms with Gasteiger partial charge >= 0.3 is 18.1 Å². The van der Waals surface area contributed by atoms with E-state index in [-0.39, 0.29) is 0 Å². The molecule has 11 heteroatoms. The van der Waals surface area contributed by atoms with Gasteiger partial charge in [-0.05, 0) is 37.4 Å². The number of carboxylic acid groups (broad SMARTS) is 2. The van der Waals surface area contributed by atoms with Crippen LogP contribution in [0.3, 0.4) is 0 Å². The predicted octanol–water partition coefficient (Wildman–Crippen LogP) is 2.54. The van der Waals surface area contributed by atoms with Crippen LogP contribution in [-0.2, 0) is 24.2 Å². The van der Waals surface area contributed by atoms with Crippen LogP contribution in [0, 0.1) is 0 Å². The lowest BCUT2D eigenvalue weighted by atomic mass is 9.90. The van der Waals surface area contributed by atoms with Crippen LogP contribution in [-0.4, -0.2) is 56.2 Å². The number of aromatic carboxylic acids is 1. The van der Waals surface area contributed by atoms with E-state index in [0.29, 0.717) is 18.7 Å². The molecule has 0 radical (unpaired) electrons. The summed E-state index contributed by atoms with van der Waals surface area (Å²) in [4.78, 5) is 24.7. The van der Waals surface area contributed by atoms with Crippen LogP contribution in [0.25, 0.3) is 11.3 Å². The fraction of sp³-hybridized carbons (Fsp3) is 0.368. The third-order valence-corrected chi connectivity index (χ3v) is 4.31. The predicted molar refractivity (Wildman–Crippen MR) is 101 cm³/mol. The van der Waals surface area contributed by atoms with E-state index in [1.807, 2.05) is 12.3 Å². The number of aryl methyl sites for hydroxylation is 2. The van der Waals surface area contributed by atoms with Crippen molar-refractivity contribution in [3.8, 4) is 11.3 Å². The Bertz CT molecular complexity index is 925. The van der Waals surface area contributed by atoms with Crippen molar-refractivity contribution in [2.24, 2.45) is 0 Å². The van der Waals surface area contributed by atoms with Gasteiger partial charge < -0.3 is 15.5 Å². The number of aliphatic carboxylic acids is 1. The molecule has 0 spiro atoms. The summed E-state index contributed by atoms with van der Waals surface area (Å²) in [7, 11) is 0. The number of hydrogen-bond acceptors (Lipinski definition) is 5. The number of carboxylic acids is 2. The fourth-order valence-electron chi connectivity index (χ4n) is 3.03. The summed E-state index contributed by atoms with van der Waals surface area (Å²) in [6.45, 7) is 5.79. The first kappa shape index (κ1) is 23.1. The molecule has 2 aromatic rings. The minimum atomic E-state index is -5.08. The first-order valence-electron chi connectivity index (χ1n) is 9.04. The van der Waals surface area contributed by atoms with E-state index in [1.165, 1.54) is 0 Å².